The van der Waals surface area contributed by atoms with Crippen molar-refractivity contribution in [3.63, 3.8) is 0 Å². The van der Waals surface area contributed by atoms with E-state index in [4.69, 9.17) is 4.74 Å². The van der Waals surface area contributed by atoms with E-state index < -0.39 is 0 Å². The summed E-state index contributed by atoms with van der Waals surface area (Å²) in [6.45, 7) is 6.30. The van der Waals surface area contributed by atoms with Crippen molar-refractivity contribution in [3.8, 4) is 0 Å². The van der Waals surface area contributed by atoms with Crippen LogP contribution in [0, 0.1) is 5.92 Å². The number of likely N-dealkylation sites (tertiary alicyclic amines) is 1. The predicted molar refractivity (Wildman–Crippen MR) is 68.0 cm³/mol. The van der Waals surface area contributed by atoms with Gasteiger partial charge in [-0.05, 0) is 32.9 Å². The van der Waals surface area contributed by atoms with Crippen LogP contribution in [0.2, 0.25) is 0 Å². The minimum Gasteiger partial charge on any atom is -0.466 e. The van der Waals surface area contributed by atoms with E-state index in [9.17, 15) is 4.79 Å². The Hall–Kier alpha value is -1.36. The lowest BCUT2D eigenvalue weighted by Gasteiger charge is -2.30. The Morgan fingerprint density at radius 2 is 2.17 bits per heavy atom. The smallest absolute Gasteiger partial charge is 0.309 e. The average molecular weight is 251 g/mol. The number of carbonyl (C=O) groups is 1. The number of rotatable bonds is 5. The molecule has 0 N–H and O–H groups in total. The fourth-order valence-electron chi connectivity index (χ4n) is 2.33. The van der Waals surface area contributed by atoms with Gasteiger partial charge in [-0.3, -0.25) is 4.79 Å². The van der Waals surface area contributed by atoms with Gasteiger partial charge in [-0.25, -0.2) is 4.98 Å². The Kier molecular flexibility index (Phi) is 4.75. The molecule has 1 fully saturated rings. The number of esters is 1. The molecule has 0 bridgehead atoms. The number of imidazole rings is 1. The molecular formula is C13H21N3O2. The number of carbonyl (C=O) groups excluding carboxylic acids is 1. The molecule has 0 amide bonds. The summed E-state index contributed by atoms with van der Waals surface area (Å²) in [5.41, 5.74) is 0. The fourth-order valence-corrected chi connectivity index (χ4v) is 2.33. The van der Waals surface area contributed by atoms with Crippen molar-refractivity contribution in [1.29, 1.82) is 0 Å². The molecule has 2 heterocycles. The molecule has 5 nitrogen and oxygen atoms in total. The largest absolute Gasteiger partial charge is 0.466 e. The Morgan fingerprint density at radius 1 is 1.39 bits per heavy atom. The minimum absolute atomic E-state index is 0.0215. The number of piperidine rings is 1. The number of hydrogen-bond acceptors (Lipinski definition) is 4. The molecule has 0 unspecified atom stereocenters. The first-order chi connectivity index (χ1) is 8.79. The zero-order valence-corrected chi connectivity index (χ0v) is 10.9. The predicted octanol–water partition coefficient (Wildman–Crippen LogP) is 1.16. The van der Waals surface area contributed by atoms with E-state index in [2.05, 4.69) is 14.5 Å². The zero-order valence-electron chi connectivity index (χ0n) is 10.9. The summed E-state index contributed by atoms with van der Waals surface area (Å²) in [4.78, 5) is 18.0. The highest BCUT2D eigenvalue weighted by Crippen LogP contribution is 2.18. The molecule has 1 aromatic rings. The summed E-state index contributed by atoms with van der Waals surface area (Å²) in [5, 5.41) is 0. The molecule has 0 aliphatic carbocycles. The van der Waals surface area contributed by atoms with Gasteiger partial charge in [-0.15, -0.1) is 0 Å². The van der Waals surface area contributed by atoms with Crippen LogP contribution < -0.4 is 0 Å². The maximum absolute atomic E-state index is 11.6. The lowest BCUT2D eigenvalue weighted by atomic mass is 9.97. The third-order valence-corrected chi connectivity index (χ3v) is 3.44. The summed E-state index contributed by atoms with van der Waals surface area (Å²) in [6.07, 6.45) is 7.45. The van der Waals surface area contributed by atoms with Crippen LogP contribution in [-0.2, 0) is 16.1 Å². The highest BCUT2D eigenvalue weighted by molar-refractivity contribution is 5.72. The Bertz CT molecular complexity index is 356. The molecule has 1 aliphatic heterocycles. The van der Waals surface area contributed by atoms with E-state index in [0.717, 1.165) is 39.0 Å². The first-order valence-corrected chi connectivity index (χ1v) is 6.64. The normalized spacial score (nSPS) is 17.8. The van der Waals surface area contributed by atoms with Gasteiger partial charge in [-0.1, -0.05) is 0 Å². The van der Waals surface area contributed by atoms with Gasteiger partial charge in [0.05, 0.1) is 18.9 Å². The van der Waals surface area contributed by atoms with Gasteiger partial charge in [0, 0.05) is 25.5 Å². The number of ether oxygens (including phenoxy) is 1. The third kappa shape index (κ3) is 3.57. The molecule has 100 valence electrons. The molecule has 0 spiro atoms. The van der Waals surface area contributed by atoms with Crippen molar-refractivity contribution in [3.05, 3.63) is 18.7 Å². The van der Waals surface area contributed by atoms with E-state index in [-0.39, 0.29) is 11.9 Å². The molecule has 1 aliphatic rings. The maximum Gasteiger partial charge on any atom is 0.309 e. The van der Waals surface area contributed by atoms with E-state index in [1.807, 2.05) is 19.4 Å². The lowest BCUT2D eigenvalue weighted by Crippen LogP contribution is -2.38. The molecule has 0 saturated carbocycles. The highest BCUT2D eigenvalue weighted by Gasteiger charge is 2.25. The zero-order chi connectivity index (χ0) is 12.8. The summed E-state index contributed by atoms with van der Waals surface area (Å²) in [7, 11) is 0. The fraction of sp³-hybridized carbons (Fsp3) is 0.692. The van der Waals surface area contributed by atoms with Crippen LogP contribution in [0.4, 0.5) is 0 Å². The number of hydrogen-bond donors (Lipinski definition) is 0. The topological polar surface area (TPSA) is 47.4 Å². The highest BCUT2D eigenvalue weighted by atomic mass is 16.5. The van der Waals surface area contributed by atoms with Crippen molar-refractivity contribution in [1.82, 2.24) is 14.5 Å². The number of aromatic nitrogens is 2. The van der Waals surface area contributed by atoms with Crippen LogP contribution in [0.5, 0.6) is 0 Å². The van der Waals surface area contributed by atoms with Crippen LogP contribution in [0.15, 0.2) is 18.7 Å². The molecule has 2 rings (SSSR count). The molecule has 0 radical (unpaired) electrons. The molecular weight excluding hydrogens is 230 g/mol. The van der Waals surface area contributed by atoms with Crippen LogP contribution in [0.25, 0.3) is 0 Å². The van der Waals surface area contributed by atoms with Crippen molar-refractivity contribution < 1.29 is 9.53 Å². The van der Waals surface area contributed by atoms with Gasteiger partial charge in [0.25, 0.3) is 0 Å². The minimum atomic E-state index is -0.0215. The summed E-state index contributed by atoms with van der Waals surface area (Å²) in [6, 6.07) is 0. The second-order valence-electron chi connectivity index (χ2n) is 4.67. The summed E-state index contributed by atoms with van der Waals surface area (Å²) >= 11 is 0. The second kappa shape index (κ2) is 6.54. The Labute approximate surface area is 108 Å². The van der Waals surface area contributed by atoms with Crippen LogP contribution in [0.1, 0.15) is 19.8 Å². The van der Waals surface area contributed by atoms with E-state index in [1.54, 1.807) is 6.20 Å². The first-order valence-electron chi connectivity index (χ1n) is 6.64. The summed E-state index contributed by atoms with van der Waals surface area (Å²) in [5.74, 6) is 0.0844. The lowest BCUT2D eigenvalue weighted by molar-refractivity contribution is -0.149. The monoisotopic (exact) mass is 251 g/mol. The third-order valence-electron chi connectivity index (χ3n) is 3.44. The SMILES string of the molecule is CCOC(=O)C1CCN(CCn2ccnc2)CC1. The molecule has 5 heteroatoms. The van der Waals surface area contributed by atoms with Crippen LogP contribution in [-0.4, -0.2) is 46.7 Å². The van der Waals surface area contributed by atoms with Gasteiger partial charge >= 0.3 is 5.97 Å². The Balaban J connectivity index is 1.68. The van der Waals surface area contributed by atoms with Gasteiger partial charge in [-0.2, -0.15) is 0 Å². The van der Waals surface area contributed by atoms with Gasteiger partial charge in [0.2, 0.25) is 0 Å². The number of nitrogens with zero attached hydrogens (tertiary/aromatic N) is 3. The Morgan fingerprint density at radius 3 is 2.78 bits per heavy atom. The van der Waals surface area contributed by atoms with Crippen molar-refractivity contribution in [2.45, 2.75) is 26.3 Å². The van der Waals surface area contributed by atoms with Crippen LogP contribution >= 0.6 is 0 Å². The summed E-state index contributed by atoms with van der Waals surface area (Å²) < 4.78 is 7.15. The van der Waals surface area contributed by atoms with E-state index in [1.165, 1.54) is 0 Å². The second-order valence-corrected chi connectivity index (χ2v) is 4.67. The molecule has 18 heavy (non-hydrogen) atoms. The average Bonchev–Trinajstić information content (AvgIpc) is 2.90. The van der Waals surface area contributed by atoms with Gasteiger partial charge < -0.3 is 14.2 Å². The quantitative estimate of drug-likeness (QED) is 0.737. The first kappa shape index (κ1) is 13.1. The van der Waals surface area contributed by atoms with Crippen molar-refractivity contribution in [2.24, 2.45) is 5.92 Å². The van der Waals surface area contributed by atoms with Crippen molar-refractivity contribution in [2.75, 3.05) is 26.2 Å². The van der Waals surface area contributed by atoms with E-state index in [0.29, 0.717) is 6.61 Å². The van der Waals surface area contributed by atoms with Gasteiger partial charge in [0.15, 0.2) is 0 Å². The molecule has 1 aromatic heterocycles. The van der Waals surface area contributed by atoms with Crippen molar-refractivity contribution >= 4 is 5.97 Å². The molecule has 0 aromatic carbocycles. The standard InChI is InChI=1S/C13H21N3O2/c1-2-18-13(17)12-3-6-15(7-4-12)9-10-16-8-5-14-11-16/h5,8,11-12H,2-4,6-7,9-10H2,1H3. The maximum atomic E-state index is 11.6. The van der Waals surface area contributed by atoms with E-state index >= 15 is 0 Å². The van der Waals surface area contributed by atoms with Gasteiger partial charge in [0.1, 0.15) is 0 Å². The molecule has 1 saturated heterocycles. The molecule has 0 atom stereocenters. The van der Waals surface area contributed by atoms with Crippen LogP contribution in [0.3, 0.4) is 0 Å².